The number of hydrogen-bond acceptors (Lipinski definition) is 6. The monoisotopic (exact) mass is 447 g/mol. The number of ether oxygens (including phenoxy) is 1. The molecule has 1 atom stereocenters. The number of aryl methyl sites for hydroxylation is 1. The molecular weight excluding hydrogens is 414 g/mol. The van der Waals surface area contributed by atoms with Crippen molar-refractivity contribution in [2.45, 2.75) is 51.6 Å². The first kappa shape index (κ1) is 24.7. The summed E-state index contributed by atoms with van der Waals surface area (Å²) in [5, 5.41) is 6.61. The van der Waals surface area contributed by atoms with Gasteiger partial charge in [-0.2, -0.15) is 4.98 Å². The predicted molar refractivity (Wildman–Crippen MR) is 127 cm³/mol. The molecule has 3 rings (SSSR count). The summed E-state index contributed by atoms with van der Waals surface area (Å²) in [6.45, 7) is 4.02. The number of nitrogens with zero attached hydrogens (tertiary/aromatic N) is 3. The molecule has 7 nitrogen and oxygen atoms in total. The van der Waals surface area contributed by atoms with Crippen LogP contribution in [-0.4, -0.2) is 43.1 Å². The van der Waals surface area contributed by atoms with E-state index in [0.29, 0.717) is 12.0 Å². The predicted octanol–water partition coefficient (Wildman–Crippen LogP) is 4.13. The first-order valence-corrected chi connectivity index (χ1v) is 10.6. The van der Waals surface area contributed by atoms with Crippen LogP contribution in [-0.2, 0) is 4.79 Å². The van der Waals surface area contributed by atoms with E-state index in [-0.39, 0.29) is 30.3 Å². The van der Waals surface area contributed by atoms with Crippen LogP contribution in [0, 0.1) is 12.8 Å². The number of benzene rings is 1. The smallest absolute Gasteiger partial charge is 0.224 e. The highest BCUT2D eigenvalue weighted by atomic mass is 35.5. The van der Waals surface area contributed by atoms with Crippen LogP contribution in [0.15, 0.2) is 30.5 Å². The van der Waals surface area contributed by atoms with Gasteiger partial charge in [-0.05, 0) is 57.2 Å². The highest BCUT2D eigenvalue weighted by Crippen LogP contribution is 2.28. The van der Waals surface area contributed by atoms with Gasteiger partial charge in [0.1, 0.15) is 11.6 Å². The maximum Gasteiger partial charge on any atom is 0.224 e. The van der Waals surface area contributed by atoms with Crippen LogP contribution in [0.3, 0.4) is 0 Å². The first-order chi connectivity index (χ1) is 14.4. The summed E-state index contributed by atoms with van der Waals surface area (Å²) in [5.41, 5.74) is 2.10. The standard InChI is InChI=1S/C23H33N5O2.ClH/c1-15-14-24-23(27-21(15)28(3)4)26-19-11-9-17(10-12-19)22(29)25-16(2)18-7-6-8-20(13-18)30-5;/h6-8,13-14,16-17,19H,9-12H2,1-5H3,(H,25,29)(H,24,26,27);1H/t16-,17?,19?;/m1./s1. The maximum absolute atomic E-state index is 12.8. The Labute approximate surface area is 191 Å². The van der Waals surface area contributed by atoms with Crippen molar-refractivity contribution >= 4 is 30.1 Å². The molecular formula is C23H34ClN5O2. The van der Waals surface area contributed by atoms with Crippen LogP contribution in [0.4, 0.5) is 11.8 Å². The second-order valence-corrected chi connectivity index (χ2v) is 8.29. The summed E-state index contributed by atoms with van der Waals surface area (Å²) < 4.78 is 5.28. The van der Waals surface area contributed by atoms with E-state index in [2.05, 4.69) is 20.6 Å². The van der Waals surface area contributed by atoms with Crippen LogP contribution in [0.2, 0.25) is 0 Å². The number of aromatic nitrogens is 2. The summed E-state index contributed by atoms with van der Waals surface area (Å²) in [4.78, 5) is 23.8. The summed E-state index contributed by atoms with van der Waals surface area (Å²) >= 11 is 0. The minimum absolute atomic E-state index is 0. The normalized spacial score (nSPS) is 19.0. The molecule has 0 saturated heterocycles. The van der Waals surface area contributed by atoms with Crippen molar-refractivity contribution in [3.8, 4) is 5.75 Å². The van der Waals surface area contributed by atoms with E-state index in [4.69, 9.17) is 4.74 Å². The Morgan fingerprint density at radius 3 is 2.58 bits per heavy atom. The molecule has 0 bridgehead atoms. The summed E-state index contributed by atoms with van der Waals surface area (Å²) in [6.07, 6.45) is 5.44. The Bertz CT molecular complexity index is 869. The number of carbonyl (C=O) groups excluding carboxylic acids is 1. The van der Waals surface area contributed by atoms with Crippen LogP contribution < -0.4 is 20.3 Å². The van der Waals surface area contributed by atoms with Gasteiger partial charge in [0.05, 0.1) is 13.2 Å². The zero-order valence-corrected chi connectivity index (χ0v) is 19.8. The fourth-order valence-electron chi connectivity index (χ4n) is 3.96. The second kappa shape index (κ2) is 11.2. The van der Waals surface area contributed by atoms with Gasteiger partial charge in [0, 0.05) is 37.8 Å². The third-order valence-electron chi connectivity index (χ3n) is 5.75. The van der Waals surface area contributed by atoms with E-state index in [1.807, 2.05) is 63.3 Å². The van der Waals surface area contributed by atoms with Gasteiger partial charge in [0.15, 0.2) is 0 Å². The molecule has 1 amide bonds. The highest BCUT2D eigenvalue weighted by Gasteiger charge is 2.27. The molecule has 1 aromatic heterocycles. The van der Waals surface area contributed by atoms with E-state index in [1.54, 1.807) is 7.11 Å². The van der Waals surface area contributed by atoms with Crippen molar-refractivity contribution in [1.29, 1.82) is 0 Å². The van der Waals surface area contributed by atoms with Crippen molar-refractivity contribution in [2.75, 3.05) is 31.4 Å². The topological polar surface area (TPSA) is 79.4 Å². The Morgan fingerprint density at radius 2 is 1.94 bits per heavy atom. The van der Waals surface area contributed by atoms with Gasteiger partial charge in [-0.25, -0.2) is 4.98 Å². The molecule has 1 aromatic carbocycles. The number of nitrogens with one attached hydrogen (secondary N) is 2. The SMILES string of the molecule is COc1cccc([C@@H](C)NC(=O)C2CCC(Nc3ncc(C)c(N(C)C)n3)CC2)c1.Cl. The molecule has 8 heteroatoms. The third kappa shape index (κ3) is 6.47. The zero-order valence-electron chi connectivity index (χ0n) is 19.0. The molecule has 0 unspecified atom stereocenters. The molecule has 2 aromatic rings. The third-order valence-corrected chi connectivity index (χ3v) is 5.75. The van der Waals surface area contributed by atoms with Gasteiger partial charge in [-0.1, -0.05) is 12.1 Å². The largest absolute Gasteiger partial charge is 0.497 e. The number of anilines is 2. The number of rotatable bonds is 7. The van der Waals surface area contributed by atoms with Crippen molar-refractivity contribution in [3.05, 3.63) is 41.6 Å². The Balaban J connectivity index is 0.00000341. The minimum Gasteiger partial charge on any atom is -0.497 e. The lowest BCUT2D eigenvalue weighted by Gasteiger charge is -2.29. The molecule has 0 spiro atoms. The van der Waals surface area contributed by atoms with Crippen molar-refractivity contribution in [1.82, 2.24) is 15.3 Å². The fraction of sp³-hybridized carbons (Fsp3) is 0.522. The Morgan fingerprint density at radius 1 is 1.23 bits per heavy atom. The lowest BCUT2D eigenvalue weighted by molar-refractivity contribution is -0.126. The fourth-order valence-corrected chi connectivity index (χ4v) is 3.96. The molecule has 1 aliphatic rings. The molecule has 170 valence electrons. The lowest BCUT2D eigenvalue weighted by atomic mass is 9.85. The minimum atomic E-state index is -0.0474. The number of halogens is 1. The maximum atomic E-state index is 12.8. The summed E-state index contributed by atoms with van der Waals surface area (Å²) in [6, 6.07) is 8.08. The highest BCUT2D eigenvalue weighted by molar-refractivity contribution is 5.85. The molecule has 31 heavy (non-hydrogen) atoms. The van der Waals surface area contributed by atoms with E-state index in [9.17, 15) is 4.79 Å². The van der Waals surface area contributed by atoms with Crippen molar-refractivity contribution in [3.63, 3.8) is 0 Å². The van der Waals surface area contributed by atoms with Crippen LogP contribution in [0.25, 0.3) is 0 Å². The van der Waals surface area contributed by atoms with E-state index in [1.165, 1.54) is 0 Å². The van der Waals surface area contributed by atoms with Gasteiger partial charge in [-0.15, -0.1) is 12.4 Å². The van der Waals surface area contributed by atoms with Crippen LogP contribution >= 0.6 is 12.4 Å². The molecule has 1 aliphatic carbocycles. The molecule has 2 N–H and O–H groups in total. The summed E-state index contributed by atoms with van der Waals surface area (Å²) in [7, 11) is 5.61. The zero-order chi connectivity index (χ0) is 21.7. The van der Waals surface area contributed by atoms with Crippen molar-refractivity contribution < 1.29 is 9.53 Å². The van der Waals surface area contributed by atoms with Gasteiger partial charge >= 0.3 is 0 Å². The van der Waals surface area contributed by atoms with Gasteiger partial charge in [-0.3, -0.25) is 4.79 Å². The molecule has 1 fully saturated rings. The van der Waals surface area contributed by atoms with E-state index < -0.39 is 0 Å². The molecule has 1 heterocycles. The Kier molecular flexibility index (Phi) is 8.92. The number of carbonyl (C=O) groups is 1. The molecule has 0 radical (unpaired) electrons. The average molecular weight is 448 g/mol. The lowest BCUT2D eigenvalue weighted by Crippen LogP contribution is -2.37. The van der Waals surface area contributed by atoms with Gasteiger partial charge in [0.2, 0.25) is 11.9 Å². The quantitative estimate of drug-likeness (QED) is 0.664. The van der Waals surface area contributed by atoms with Crippen LogP contribution in [0.1, 0.15) is 49.8 Å². The molecule has 1 saturated carbocycles. The van der Waals surface area contributed by atoms with Crippen LogP contribution in [0.5, 0.6) is 5.75 Å². The van der Waals surface area contributed by atoms with Crippen molar-refractivity contribution in [2.24, 2.45) is 5.92 Å². The van der Waals surface area contributed by atoms with E-state index >= 15 is 0 Å². The number of amides is 1. The van der Waals surface area contributed by atoms with Gasteiger partial charge in [0.25, 0.3) is 0 Å². The van der Waals surface area contributed by atoms with Gasteiger partial charge < -0.3 is 20.3 Å². The summed E-state index contributed by atoms with van der Waals surface area (Å²) in [5.74, 6) is 2.56. The number of methoxy groups -OCH3 is 1. The van der Waals surface area contributed by atoms with E-state index in [0.717, 1.165) is 48.4 Å². The Hall–Kier alpha value is -2.54. The average Bonchev–Trinajstić information content (AvgIpc) is 2.75. The first-order valence-electron chi connectivity index (χ1n) is 10.6. The number of hydrogen-bond donors (Lipinski definition) is 2. The molecule has 0 aliphatic heterocycles. The second-order valence-electron chi connectivity index (χ2n) is 8.29.